The van der Waals surface area contributed by atoms with Crippen molar-refractivity contribution in [1.29, 1.82) is 0 Å². The fourth-order valence-corrected chi connectivity index (χ4v) is 3.85. The molecular weight excluding hydrogens is 355 g/mol. The molecule has 0 aliphatic carbocycles. The van der Waals surface area contributed by atoms with Crippen LogP contribution in [0.3, 0.4) is 0 Å². The molecule has 0 bridgehead atoms. The van der Waals surface area contributed by atoms with Crippen LogP contribution < -0.4 is 10.2 Å². The Labute approximate surface area is 169 Å². The molecule has 0 amide bonds. The van der Waals surface area contributed by atoms with E-state index in [9.17, 15) is 4.39 Å². The van der Waals surface area contributed by atoms with Gasteiger partial charge in [-0.2, -0.15) is 0 Å². The minimum absolute atomic E-state index is 0.182. The van der Waals surface area contributed by atoms with Crippen molar-refractivity contribution in [2.75, 3.05) is 77.4 Å². The average molecular weight is 391 g/mol. The van der Waals surface area contributed by atoms with Crippen molar-refractivity contribution >= 4 is 11.6 Å². The molecule has 28 heavy (non-hydrogen) atoms. The van der Waals surface area contributed by atoms with E-state index in [1.54, 1.807) is 0 Å². The minimum atomic E-state index is -0.182. The lowest BCUT2D eigenvalue weighted by Gasteiger charge is -2.38. The summed E-state index contributed by atoms with van der Waals surface area (Å²) in [5.41, 5.74) is 1.09. The summed E-state index contributed by atoms with van der Waals surface area (Å²) in [7, 11) is 2.19. The lowest BCUT2D eigenvalue weighted by molar-refractivity contribution is 0.122. The minimum Gasteiger partial charge on any atom is -0.368 e. The number of nitrogens with one attached hydrogen (secondary N) is 1. The summed E-state index contributed by atoms with van der Waals surface area (Å²) < 4.78 is 13.2. The van der Waals surface area contributed by atoms with Crippen LogP contribution in [0.15, 0.2) is 29.3 Å². The van der Waals surface area contributed by atoms with E-state index in [-0.39, 0.29) is 5.82 Å². The van der Waals surface area contributed by atoms with Crippen LogP contribution in [0, 0.1) is 5.82 Å². The van der Waals surface area contributed by atoms with Gasteiger partial charge in [-0.1, -0.05) is 0 Å². The molecule has 2 fully saturated rings. The number of aliphatic imine (C=N–C) groups is 1. The number of hydrogen-bond donors (Lipinski definition) is 1. The highest BCUT2D eigenvalue weighted by Crippen LogP contribution is 2.17. The highest BCUT2D eigenvalue weighted by molar-refractivity contribution is 5.80. The van der Waals surface area contributed by atoms with Crippen molar-refractivity contribution in [3.63, 3.8) is 0 Å². The van der Waals surface area contributed by atoms with E-state index in [0.717, 1.165) is 77.1 Å². The van der Waals surface area contributed by atoms with Gasteiger partial charge in [-0.3, -0.25) is 9.89 Å². The standard InChI is InChI=1S/C21H35FN6/c1-4-23-21(24-17-18(2)26-11-9-25(3)10-12-26)28-15-13-27(14-16-28)20-7-5-19(22)6-8-20/h5-8,18H,4,9-17H2,1-3H3,(H,23,24). The molecule has 2 aliphatic rings. The number of benzene rings is 1. The zero-order chi connectivity index (χ0) is 19.9. The van der Waals surface area contributed by atoms with Crippen LogP contribution in [-0.4, -0.2) is 99.2 Å². The average Bonchev–Trinajstić information content (AvgIpc) is 2.72. The van der Waals surface area contributed by atoms with E-state index in [0.29, 0.717) is 6.04 Å². The first-order valence-electron chi connectivity index (χ1n) is 10.5. The van der Waals surface area contributed by atoms with Crippen molar-refractivity contribution in [3.8, 4) is 0 Å². The Kier molecular flexibility index (Phi) is 7.50. The summed E-state index contributed by atoms with van der Waals surface area (Å²) in [5.74, 6) is 0.834. The monoisotopic (exact) mass is 390 g/mol. The number of nitrogens with zero attached hydrogens (tertiary/aromatic N) is 5. The largest absolute Gasteiger partial charge is 0.368 e. The quantitative estimate of drug-likeness (QED) is 0.610. The van der Waals surface area contributed by atoms with Gasteiger partial charge < -0.3 is 20.0 Å². The third-order valence-corrected chi connectivity index (χ3v) is 5.77. The highest BCUT2D eigenvalue weighted by atomic mass is 19.1. The van der Waals surface area contributed by atoms with Gasteiger partial charge in [0.2, 0.25) is 0 Å². The first-order chi connectivity index (χ1) is 13.6. The summed E-state index contributed by atoms with van der Waals surface area (Å²) in [6.07, 6.45) is 0. The van der Waals surface area contributed by atoms with Crippen molar-refractivity contribution < 1.29 is 4.39 Å². The normalized spacial score (nSPS) is 21.1. The molecule has 1 aromatic carbocycles. The van der Waals surface area contributed by atoms with Crippen LogP contribution >= 0.6 is 0 Å². The van der Waals surface area contributed by atoms with E-state index in [1.165, 1.54) is 12.1 Å². The zero-order valence-electron chi connectivity index (χ0n) is 17.6. The molecule has 7 heteroatoms. The van der Waals surface area contributed by atoms with Crippen LogP contribution in [-0.2, 0) is 0 Å². The lowest BCUT2D eigenvalue weighted by atomic mass is 10.2. The third-order valence-electron chi connectivity index (χ3n) is 5.77. The summed E-state index contributed by atoms with van der Waals surface area (Å²) >= 11 is 0. The molecule has 3 rings (SSSR count). The fraction of sp³-hybridized carbons (Fsp3) is 0.667. The van der Waals surface area contributed by atoms with E-state index >= 15 is 0 Å². The van der Waals surface area contributed by atoms with Gasteiger partial charge in [0, 0.05) is 70.6 Å². The Morgan fingerprint density at radius 3 is 2.29 bits per heavy atom. The van der Waals surface area contributed by atoms with E-state index in [1.807, 2.05) is 12.1 Å². The number of likely N-dealkylation sites (N-methyl/N-ethyl adjacent to an activating group) is 1. The Morgan fingerprint density at radius 1 is 1.04 bits per heavy atom. The second-order valence-electron chi connectivity index (χ2n) is 7.83. The van der Waals surface area contributed by atoms with Crippen LogP contribution in [0.2, 0.25) is 0 Å². The van der Waals surface area contributed by atoms with Crippen molar-refractivity contribution in [2.45, 2.75) is 19.9 Å². The lowest BCUT2D eigenvalue weighted by Crippen LogP contribution is -2.53. The van der Waals surface area contributed by atoms with Gasteiger partial charge in [0.05, 0.1) is 6.54 Å². The van der Waals surface area contributed by atoms with Gasteiger partial charge in [0.15, 0.2) is 5.96 Å². The van der Waals surface area contributed by atoms with Crippen LogP contribution in [0.5, 0.6) is 0 Å². The van der Waals surface area contributed by atoms with Crippen molar-refractivity contribution in [2.24, 2.45) is 4.99 Å². The number of piperazine rings is 2. The molecule has 0 radical (unpaired) electrons. The van der Waals surface area contributed by atoms with E-state index in [4.69, 9.17) is 4.99 Å². The van der Waals surface area contributed by atoms with Crippen molar-refractivity contribution in [1.82, 2.24) is 20.0 Å². The predicted molar refractivity (Wildman–Crippen MR) is 115 cm³/mol. The first-order valence-corrected chi connectivity index (χ1v) is 10.5. The Morgan fingerprint density at radius 2 is 1.68 bits per heavy atom. The number of guanidine groups is 1. The van der Waals surface area contributed by atoms with Gasteiger partial charge >= 0.3 is 0 Å². The van der Waals surface area contributed by atoms with E-state index < -0.39 is 0 Å². The molecule has 6 nitrogen and oxygen atoms in total. The molecule has 1 atom stereocenters. The molecule has 1 aromatic rings. The Bertz CT molecular complexity index is 618. The molecular formula is C21H35FN6. The van der Waals surface area contributed by atoms with Gasteiger partial charge in [0.25, 0.3) is 0 Å². The summed E-state index contributed by atoms with van der Waals surface area (Å²) in [6.45, 7) is 14.3. The fourth-order valence-electron chi connectivity index (χ4n) is 3.85. The molecule has 0 spiro atoms. The molecule has 0 saturated carbocycles. The highest BCUT2D eigenvalue weighted by Gasteiger charge is 2.22. The third kappa shape index (κ3) is 5.58. The summed E-state index contributed by atoms with van der Waals surface area (Å²) in [6, 6.07) is 7.26. The Hall–Kier alpha value is -1.86. The molecule has 156 valence electrons. The topological polar surface area (TPSA) is 37.4 Å². The van der Waals surface area contributed by atoms with Gasteiger partial charge in [-0.15, -0.1) is 0 Å². The molecule has 2 saturated heterocycles. The maximum absolute atomic E-state index is 13.2. The number of hydrogen-bond acceptors (Lipinski definition) is 4. The number of anilines is 1. The first kappa shape index (κ1) is 20.9. The number of halogens is 1. The second kappa shape index (κ2) is 10.1. The van der Waals surface area contributed by atoms with Gasteiger partial charge in [0.1, 0.15) is 5.82 Å². The molecule has 1 unspecified atom stereocenters. The molecule has 1 N–H and O–H groups in total. The van der Waals surface area contributed by atoms with Crippen LogP contribution in [0.25, 0.3) is 0 Å². The summed E-state index contributed by atoms with van der Waals surface area (Å²) in [5, 5.41) is 3.46. The van der Waals surface area contributed by atoms with Crippen LogP contribution in [0.4, 0.5) is 10.1 Å². The number of rotatable bonds is 5. The smallest absolute Gasteiger partial charge is 0.194 e. The zero-order valence-corrected chi connectivity index (χ0v) is 17.6. The molecule has 2 aliphatic heterocycles. The van der Waals surface area contributed by atoms with Gasteiger partial charge in [-0.05, 0) is 45.2 Å². The SMILES string of the molecule is CCNC(=NCC(C)N1CCN(C)CC1)N1CCN(c2ccc(F)cc2)CC1. The predicted octanol–water partition coefficient (Wildman–Crippen LogP) is 1.55. The van der Waals surface area contributed by atoms with E-state index in [2.05, 4.69) is 45.8 Å². The molecule has 0 aromatic heterocycles. The van der Waals surface area contributed by atoms with Crippen molar-refractivity contribution in [3.05, 3.63) is 30.1 Å². The summed E-state index contributed by atoms with van der Waals surface area (Å²) in [4.78, 5) is 14.5. The Balaban J connectivity index is 1.53. The molecule has 2 heterocycles. The van der Waals surface area contributed by atoms with Crippen LogP contribution in [0.1, 0.15) is 13.8 Å². The second-order valence-corrected chi connectivity index (χ2v) is 7.83. The maximum Gasteiger partial charge on any atom is 0.194 e. The maximum atomic E-state index is 13.2. The van der Waals surface area contributed by atoms with Gasteiger partial charge in [-0.25, -0.2) is 4.39 Å².